The number of rotatable bonds is 4. The van der Waals surface area contributed by atoms with Gasteiger partial charge in [-0.2, -0.15) is 0 Å². The minimum absolute atomic E-state index is 0.0902. The van der Waals surface area contributed by atoms with E-state index in [9.17, 15) is 4.79 Å². The molecule has 0 heterocycles. The first-order valence-corrected chi connectivity index (χ1v) is 6.48. The van der Waals surface area contributed by atoms with E-state index in [-0.39, 0.29) is 5.91 Å². The van der Waals surface area contributed by atoms with Crippen molar-refractivity contribution in [3.63, 3.8) is 0 Å². The van der Waals surface area contributed by atoms with E-state index in [1.54, 1.807) is 6.07 Å². The Kier molecular flexibility index (Phi) is 4.58. The van der Waals surface area contributed by atoms with Crippen LogP contribution in [-0.4, -0.2) is 12.5 Å². The Bertz CT molecular complexity index is 580. The quantitative estimate of drug-likeness (QED) is 0.907. The Morgan fingerprint density at radius 1 is 1.16 bits per heavy atom. The molecular weight excluding hydrogens is 258 g/mol. The number of halogens is 1. The molecule has 2 aromatic carbocycles. The van der Waals surface area contributed by atoms with Crippen molar-refractivity contribution in [3.05, 3.63) is 77.2 Å². The third kappa shape index (κ3) is 3.83. The summed E-state index contributed by atoms with van der Waals surface area (Å²) in [7, 11) is 0. The van der Waals surface area contributed by atoms with Crippen LogP contribution in [0.5, 0.6) is 0 Å². The monoisotopic (exact) mass is 272 g/mol. The highest BCUT2D eigenvalue weighted by Crippen LogP contribution is 2.11. The Hall–Kier alpha value is -1.80. The number of hydrogen-bond acceptors (Lipinski definition) is 1. The van der Waals surface area contributed by atoms with Gasteiger partial charge in [-0.05, 0) is 42.7 Å². The number of nitrogens with one attached hydrogen (secondary N) is 1. The fourth-order valence-corrected chi connectivity index (χ4v) is 2.06. The van der Waals surface area contributed by atoms with Gasteiger partial charge in [0.25, 0.3) is 5.91 Å². The van der Waals surface area contributed by atoms with E-state index < -0.39 is 0 Å². The summed E-state index contributed by atoms with van der Waals surface area (Å²) >= 11 is 5.91. The van der Waals surface area contributed by atoms with Gasteiger partial charge in [0.15, 0.2) is 0 Å². The standard InChI is InChI=1S/C16H15ClNO/c1-12-5-2-3-8-15(12)16(19)18-10-9-13-6-4-7-14(17)11-13/h2-8,11H,1,9-10H2,(H,18,19). The predicted octanol–water partition coefficient (Wildman–Crippen LogP) is 3.49. The molecule has 2 nitrogen and oxygen atoms in total. The molecule has 0 spiro atoms. The van der Waals surface area contributed by atoms with Crippen LogP contribution in [0.15, 0.2) is 48.5 Å². The second kappa shape index (κ2) is 6.39. The fourth-order valence-electron chi connectivity index (χ4n) is 1.85. The van der Waals surface area contributed by atoms with Crippen LogP contribution in [0.3, 0.4) is 0 Å². The summed E-state index contributed by atoms with van der Waals surface area (Å²) in [6.07, 6.45) is 0.756. The smallest absolute Gasteiger partial charge is 0.251 e. The van der Waals surface area contributed by atoms with Gasteiger partial charge in [0.05, 0.1) is 0 Å². The summed E-state index contributed by atoms with van der Waals surface area (Å²) in [4.78, 5) is 11.9. The number of carbonyl (C=O) groups excluding carboxylic acids is 1. The molecule has 0 atom stereocenters. The number of hydrogen-bond donors (Lipinski definition) is 1. The third-order valence-corrected chi connectivity index (χ3v) is 3.09. The minimum atomic E-state index is -0.0902. The lowest BCUT2D eigenvalue weighted by atomic mass is 10.1. The Labute approximate surface area is 118 Å². The van der Waals surface area contributed by atoms with Gasteiger partial charge in [-0.25, -0.2) is 0 Å². The second-order valence-corrected chi connectivity index (χ2v) is 4.73. The van der Waals surface area contributed by atoms with E-state index in [1.807, 2.05) is 42.5 Å². The fraction of sp³-hybridized carbons (Fsp3) is 0.125. The van der Waals surface area contributed by atoms with Crippen LogP contribution >= 0.6 is 11.6 Å². The van der Waals surface area contributed by atoms with Crippen LogP contribution in [0, 0.1) is 6.92 Å². The molecule has 1 radical (unpaired) electrons. The maximum Gasteiger partial charge on any atom is 0.251 e. The van der Waals surface area contributed by atoms with Crippen molar-refractivity contribution < 1.29 is 4.79 Å². The van der Waals surface area contributed by atoms with E-state index in [1.165, 1.54) is 0 Å². The molecule has 0 bridgehead atoms. The molecule has 1 amide bonds. The van der Waals surface area contributed by atoms with E-state index in [2.05, 4.69) is 12.2 Å². The van der Waals surface area contributed by atoms with Crippen LogP contribution in [0.2, 0.25) is 5.02 Å². The lowest BCUT2D eigenvalue weighted by Crippen LogP contribution is -2.26. The van der Waals surface area contributed by atoms with Crippen molar-refractivity contribution in [1.29, 1.82) is 0 Å². The molecule has 1 N–H and O–H groups in total. The minimum Gasteiger partial charge on any atom is -0.352 e. The summed E-state index contributed by atoms with van der Waals surface area (Å²) in [6.45, 7) is 4.42. The number of benzene rings is 2. The van der Waals surface area contributed by atoms with Gasteiger partial charge in [0.1, 0.15) is 0 Å². The van der Waals surface area contributed by atoms with Crippen molar-refractivity contribution in [3.8, 4) is 0 Å². The number of amides is 1. The summed E-state index contributed by atoms with van der Waals surface area (Å²) < 4.78 is 0. The summed E-state index contributed by atoms with van der Waals surface area (Å²) in [5.74, 6) is -0.0902. The molecule has 2 rings (SSSR count). The van der Waals surface area contributed by atoms with Crippen molar-refractivity contribution in [2.45, 2.75) is 6.42 Å². The Balaban J connectivity index is 1.90. The molecule has 0 aliphatic rings. The molecule has 3 heteroatoms. The third-order valence-electron chi connectivity index (χ3n) is 2.85. The molecule has 0 aliphatic carbocycles. The molecule has 0 aliphatic heterocycles. The molecule has 0 aromatic heterocycles. The lowest BCUT2D eigenvalue weighted by molar-refractivity contribution is 0.0954. The summed E-state index contributed by atoms with van der Waals surface area (Å²) in [5, 5.41) is 3.60. The van der Waals surface area contributed by atoms with E-state index >= 15 is 0 Å². The van der Waals surface area contributed by atoms with Gasteiger partial charge in [0, 0.05) is 17.1 Å². The van der Waals surface area contributed by atoms with Gasteiger partial charge >= 0.3 is 0 Å². The Morgan fingerprint density at radius 2 is 1.95 bits per heavy atom. The molecule has 19 heavy (non-hydrogen) atoms. The largest absolute Gasteiger partial charge is 0.352 e. The molecular formula is C16H15ClNO. The maximum atomic E-state index is 11.9. The Morgan fingerprint density at radius 3 is 2.68 bits per heavy atom. The van der Waals surface area contributed by atoms with Crippen LogP contribution in [0.4, 0.5) is 0 Å². The van der Waals surface area contributed by atoms with E-state index in [0.29, 0.717) is 17.1 Å². The van der Waals surface area contributed by atoms with Crippen molar-refractivity contribution >= 4 is 17.5 Å². The normalized spacial score (nSPS) is 10.2. The average molecular weight is 273 g/mol. The maximum absolute atomic E-state index is 11.9. The van der Waals surface area contributed by atoms with Gasteiger partial charge in [-0.1, -0.05) is 41.9 Å². The number of carbonyl (C=O) groups is 1. The van der Waals surface area contributed by atoms with Crippen LogP contribution in [-0.2, 0) is 6.42 Å². The van der Waals surface area contributed by atoms with Gasteiger partial charge in [0.2, 0.25) is 0 Å². The van der Waals surface area contributed by atoms with Crippen LogP contribution in [0.1, 0.15) is 21.5 Å². The zero-order valence-electron chi connectivity index (χ0n) is 10.5. The average Bonchev–Trinajstić information content (AvgIpc) is 2.39. The topological polar surface area (TPSA) is 29.1 Å². The van der Waals surface area contributed by atoms with E-state index in [0.717, 1.165) is 17.5 Å². The molecule has 97 valence electrons. The van der Waals surface area contributed by atoms with Gasteiger partial charge in [-0.3, -0.25) is 4.79 Å². The lowest BCUT2D eigenvalue weighted by Gasteiger charge is -2.07. The van der Waals surface area contributed by atoms with Gasteiger partial charge in [-0.15, -0.1) is 0 Å². The zero-order chi connectivity index (χ0) is 13.7. The molecule has 0 fully saturated rings. The van der Waals surface area contributed by atoms with Crippen LogP contribution < -0.4 is 5.32 Å². The van der Waals surface area contributed by atoms with Crippen molar-refractivity contribution in [2.75, 3.05) is 6.54 Å². The van der Waals surface area contributed by atoms with E-state index in [4.69, 9.17) is 11.6 Å². The van der Waals surface area contributed by atoms with Gasteiger partial charge < -0.3 is 5.32 Å². The van der Waals surface area contributed by atoms with Crippen molar-refractivity contribution in [1.82, 2.24) is 5.32 Å². The molecule has 2 aromatic rings. The zero-order valence-corrected chi connectivity index (χ0v) is 11.3. The molecule has 0 saturated heterocycles. The second-order valence-electron chi connectivity index (χ2n) is 4.29. The first kappa shape index (κ1) is 13.6. The first-order valence-electron chi connectivity index (χ1n) is 6.10. The summed E-state index contributed by atoms with van der Waals surface area (Å²) in [6, 6.07) is 14.9. The highest BCUT2D eigenvalue weighted by atomic mass is 35.5. The predicted molar refractivity (Wildman–Crippen MR) is 78.4 cm³/mol. The van der Waals surface area contributed by atoms with Crippen molar-refractivity contribution in [2.24, 2.45) is 0 Å². The highest BCUT2D eigenvalue weighted by molar-refractivity contribution is 6.30. The highest BCUT2D eigenvalue weighted by Gasteiger charge is 2.07. The first-order chi connectivity index (χ1) is 9.16. The summed E-state index contributed by atoms with van der Waals surface area (Å²) in [5.41, 5.74) is 2.46. The SMILES string of the molecule is [CH2]c1ccccc1C(=O)NCCc1cccc(Cl)c1. The molecule has 0 unspecified atom stereocenters. The molecule has 0 saturated carbocycles. The van der Waals surface area contributed by atoms with Crippen LogP contribution in [0.25, 0.3) is 0 Å².